The first-order valence-electron chi connectivity index (χ1n) is 9.68. The first-order valence-corrected chi connectivity index (χ1v) is 9.68. The molecule has 0 aromatic heterocycles. The molecule has 0 fully saturated rings. The molecule has 1 amide bonds. The molecule has 0 aliphatic carbocycles. The summed E-state index contributed by atoms with van der Waals surface area (Å²) in [6.07, 6.45) is -3.59. The Morgan fingerprint density at radius 2 is 1.94 bits per heavy atom. The largest absolute Gasteiger partial charge is 0.496 e. The number of hydrogen-bond acceptors (Lipinski definition) is 5. The molecule has 0 unspecified atom stereocenters. The molecule has 2 aromatic rings. The van der Waals surface area contributed by atoms with Gasteiger partial charge in [-0.05, 0) is 55.7 Å². The Balaban J connectivity index is 2.24. The molecule has 0 radical (unpaired) electrons. The van der Waals surface area contributed by atoms with Crippen molar-refractivity contribution in [3.63, 3.8) is 0 Å². The molecule has 31 heavy (non-hydrogen) atoms. The van der Waals surface area contributed by atoms with Gasteiger partial charge in [0, 0.05) is 12.0 Å². The number of hydrazine groups is 1. The van der Waals surface area contributed by atoms with E-state index in [1.165, 1.54) is 19.2 Å². The first kappa shape index (κ1) is 24.2. The molecule has 0 atom stereocenters. The fourth-order valence-electron chi connectivity index (χ4n) is 2.97. The normalized spacial score (nSPS) is 11.9. The molecule has 0 spiro atoms. The average Bonchev–Trinajstić information content (AvgIpc) is 2.73. The second kappa shape index (κ2) is 10.3. The smallest absolute Gasteiger partial charge is 0.419 e. The topological polar surface area (TPSA) is 77.2 Å². The molecule has 0 heterocycles. The lowest BCUT2D eigenvalue weighted by Crippen LogP contribution is -2.38. The van der Waals surface area contributed by atoms with Crippen LogP contribution in [0.4, 0.5) is 18.9 Å². The monoisotopic (exact) mass is 437 g/mol. The highest BCUT2D eigenvalue weighted by atomic mass is 19.4. The maximum absolute atomic E-state index is 13.2. The first-order chi connectivity index (χ1) is 14.6. The van der Waals surface area contributed by atoms with Gasteiger partial charge in [-0.3, -0.25) is 4.79 Å². The number of rotatable bonds is 8. The third kappa shape index (κ3) is 5.97. The number of halogens is 3. The number of ether oxygens (including phenoxy) is 1. The summed E-state index contributed by atoms with van der Waals surface area (Å²) in [6, 6.07) is 9.00. The van der Waals surface area contributed by atoms with Crippen LogP contribution in [0.1, 0.15) is 48.9 Å². The van der Waals surface area contributed by atoms with E-state index in [1.54, 1.807) is 19.1 Å². The van der Waals surface area contributed by atoms with Crippen molar-refractivity contribution in [1.82, 2.24) is 0 Å². The second-order valence-electron chi connectivity index (χ2n) is 6.95. The van der Waals surface area contributed by atoms with Gasteiger partial charge in [-0.25, -0.2) is 10.9 Å². The number of methoxy groups -OCH3 is 1. The van der Waals surface area contributed by atoms with Crippen LogP contribution in [0.25, 0.3) is 0 Å². The molecule has 9 heteroatoms. The minimum absolute atomic E-state index is 0.00522. The number of carbonyl (C=O) groups excluding carboxylic acids is 1. The van der Waals surface area contributed by atoms with Gasteiger partial charge in [-0.1, -0.05) is 24.2 Å². The summed E-state index contributed by atoms with van der Waals surface area (Å²) < 4.78 is 44.5. The van der Waals surface area contributed by atoms with Gasteiger partial charge in [0.05, 0.1) is 24.1 Å². The lowest BCUT2D eigenvalue weighted by molar-refractivity contribution is -0.138. The molecular weight excluding hydrogens is 411 g/mol. The van der Waals surface area contributed by atoms with E-state index in [9.17, 15) is 18.0 Å². The number of benzene rings is 2. The molecule has 6 nitrogen and oxygen atoms in total. The molecule has 0 bridgehead atoms. The zero-order valence-electron chi connectivity index (χ0n) is 17.9. The summed E-state index contributed by atoms with van der Waals surface area (Å²) in [5, 5.41) is 5.04. The predicted octanol–water partition coefficient (Wildman–Crippen LogP) is 4.97. The molecule has 0 saturated heterocycles. The van der Waals surface area contributed by atoms with E-state index in [0.717, 1.165) is 16.6 Å². The second-order valence-corrected chi connectivity index (χ2v) is 6.95. The van der Waals surface area contributed by atoms with Crippen molar-refractivity contribution in [2.75, 3.05) is 12.1 Å². The summed E-state index contributed by atoms with van der Waals surface area (Å²) in [4.78, 5) is 17.6. The lowest BCUT2D eigenvalue weighted by Gasteiger charge is -2.21. The Labute approximate surface area is 179 Å². The van der Waals surface area contributed by atoms with E-state index in [-0.39, 0.29) is 29.5 Å². The van der Waals surface area contributed by atoms with E-state index in [1.807, 2.05) is 19.9 Å². The summed E-state index contributed by atoms with van der Waals surface area (Å²) in [5.74, 6) is 5.48. The highest BCUT2D eigenvalue weighted by molar-refractivity contribution is 5.98. The van der Waals surface area contributed by atoms with Gasteiger partial charge in [0.1, 0.15) is 12.4 Å². The quantitative estimate of drug-likeness (QED) is 0.274. The molecule has 2 aromatic carbocycles. The van der Waals surface area contributed by atoms with Crippen LogP contribution in [0.15, 0.2) is 41.6 Å². The van der Waals surface area contributed by atoms with Gasteiger partial charge in [-0.15, -0.1) is 0 Å². The van der Waals surface area contributed by atoms with Crippen molar-refractivity contribution in [3.8, 4) is 5.75 Å². The molecule has 0 aliphatic rings. The highest BCUT2D eigenvalue weighted by Crippen LogP contribution is 2.36. The van der Waals surface area contributed by atoms with E-state index in [0.29, 0.717) is 24.1 Å². The number of nitrogens with zero attached hydrogens (tertiary/aromatic N) is 2. The van der Waals surface area contributed by atoms with Gasteiger partial charge in [0.2, 0.25) is 5.91 Å². The summed E-state index contributed by atoms with van der Waals surface area (Å²) in [6.45, 7) is 5.26. The highest BCUT2D eigenvalue weighted by Gasteiger charge is 2.34. The number of alkyl halides is 3. The van der Waals surface area contributed by atoms with Crippen LogP contribution in [-0.2, 0) is 22.4 Å². The Hall–Kier alpha value is -3.07. The Kier molecular flexibility index (Phi) is 8.04. The zero-order chi connectivity index (χ0) is 23.2. The minimum Gasteiger partial charge on any atom is -0.496 e. The van der Waals surface area contributed by atoms with Crippen molar-refractivity contribution in [3.05, 3.63) is 58.7 Å². The number of oxime groups is 1. The number of aryl methyl sites for hydroxylation is 1. The fourth-order valence-corrected chi connectivity index (χ4v) is 2.97. The van der Waals surface area contributed by atoms with Crippen LogP contribution < -0.4 is 15.6 Å². The molecular formula is C22H26F3N3O3. The number of nitrogens with two attached hydrogens (primary N) is 1. The molecule has 2 rings (SSSR count). The van der Waals surface area contributed by atoms with Gasteiger partial charge < -0.3 is 9.57 Å². The van der Waals surface area contributed by atoms with Gasteiger partial charge >= 0.3 is 6.18 Å². The average molecular weight is 437 g/mol. The van der Waals surface area contributed by atoms with Crippen molar-refractivity contribution in [2.45, 2.75) is 46.4 Å². The third-order valence-corrected chi connectivity index (χ3v) is 4.71. The van der Waals surface area contributed by atoms with Gasteiger partial charge in [0.15, 0.2) is 0 Å². The SMILES string of the molecule is CCCC(=O)N(N)c1cccc(C)c1CON=C(C)c1ccc(OC)c(C(F)(F)F)c1. The van der Waals surface area contributed by atoms with Gasteiger partial charge in [-0.2, -0.15) is 13.2 Å². The van der Waals surface area contributed by atoms with Crippen molar-refractivity contribution < 1.29 is 27.5 Å². The standard InChI is InChI=1S/C22H26F3N3O3/c1-5-7-21(29)28(26)19-9-6-8-14(2)17(19)13-31-27-15(3)16-10-11-20(30-4)18(12-16)22(23,24)25/h6,8-12H,5,7,13,26H2,1-4H3. The summed E-state index contributed by atoms with van der Waals surface area (Å²) in [7, 11) is 1.18. The van der Waals surface area contributed by atoms with Crippen LogP contribution in [0.5, 0.6) is 5.75 Å². The Morgan fingerprint density at radius 1 is 1.23 bits per heavy atom. The third-order valence-electron chi connectivity index (χ3n) is 4.71. The van der Waals surface area contributed by atoms with Gasteiger partial charge in [0.25, 0.3) is 0 Å². The summed E-state index contributed by atoms with van der Waals surface area (Å²) >= 11 is 0. The Bertz CT molecular complexity index is 959. The van der Waals surface area contributed by atoms with Crippen LogP contribution >= 0.6 is 0 Å². The number of hydrogen-bond donors (Lipinski definition) is 1. The number of amides is 1. The molecule has 2 N–H and O–H groups in total. The van der Waals surface area contributed by atoms with Crippen molar-refractivity contribution in [1.29, 1.82) is 0 Å². The van der Waals surface area contributed by atoms with Crippen molar-refractivity contribution in [2.24, 2.45) is 11.0 Å². The maximum Gasteiger partial charge on any atom is 0.419 e. The number of carbonyl (C=O) groups is 1. The minimum atomic E-state index is -4.56. The fraction of sp³-hybridized carbons (Fsp3) is 0.364. The lowest BCUT2D eigenvalue weighted by atomic mass is 10.1. The van der Waals surface area contributed by atoms with Crippen LogP contribution in [0, 0.1) is 6.92 Å². The van der Waals surface area contributed by atoms with Crippen molar-refractivity contribution >= 4 is 17.3 Å². The molecule has 168 valence electrons. The van der Waals surface area contributed by atoms with E-state index in [4.69, 9.17) is 15.4 Å². The molecule has 0 saturated carbocycles. The van der Waals surface area contributed by atoms with E-state index in [2.05, 4.69) is 5.16 Å². The zero-order valence-corrected chi connectivity index (χ0v) is 17.9. The number of anilines is 1. The van der Waals surface area contributed by atoms with Crippen LogP contribution in [-0.4, -0.2) is 18.7 Å². The predicted molar refractivity (Wildman–Crippen MR) is 113 cm³/mol. The molecule has 0 aliphatic heterocycles. The van der Waals surface area contributed by atoms with Crippen LogP contribution in [0.2, 0.25) is 0 Å². The van der Waals surface area contributed by atoms with E-state index >= 15 is 0 Å². The summed E-state index contributed by atoms with van der Waals surface area (Å²) in [5.41, 5.74) is 1.61. The van der Waals surface area contributed by atoms with Crippen LogP contribution in [0.3, 0.4) is 0 Å². The van der Waals surface area contributed by atoms with E-state index < -0.39 is 11.7 Å². The Morgan fingerprint density at radius 3 is 2.55 bits per heavy atom. The maximum atomic E-state index is 13.2.